The Balaban J connectivity index is 2.47. The molecular weight excluding hydrogens is 222 g/mol. The van der Waals surface area contributed by atoms with Crippen LogP contribution in [-0.2, 0) is 19.0 Å². The molecule has 0 unspecified atom stereocenters. The fourth-order valence-electron chi connectivity index (χ4n) is 2.16. The van der Waals surface area contributed by atoms with Crippen molar-refractivity contribution in [3.05, 3.63) is 17.5 Å². The normalized spacial score (nSPS) is 12.4. The van der Waals surface area contributed by atoms with Crippen LogP contribution in [0.1, 0.15) is 58.7 Å². The Labute approximate surface area is 112 Å². The zero-order valence-corrected chi connectivity index (χ0v) is 12.9. The van der Waals surface area contributed by atoms with Crippen LogP contribution in [0.2, 0.25) is 0 Å². The summed E-state index contributed by atoms with van der Waals surface area (Å²) in [6.45, 7) is 13.2. The van der Waals surface area contributed by atoms with Crippen LogP contribution in [-0.4, -0.2) is 16.3 Å². The molecule has 3 heteroatoms. The lowest BCUT2D eigenvalue weighted by Gasteiger charge is -2.17. The fourth-order valence-corrected chi connectivity index (χ4v) is 2.16. The zero-order chi connectivity index (χ0) is 13.8. The molecule has 1 aromatic heterocycles. The van der Waals surface area contributed by atoms with E-state index in [0.29, 0.717) is 0 Å². The van der Waals surface area contributed by atoms with Crippen molar-refractivity contribution in [3.8, 4) is 0 Å². The monoisotopic (exact) mass is 251 g/mol. The molecule has 1 rings (SSSR count). The molecule has 0 fully saturated rings. The Hall–Kier alpha value is -0.830. The molecule has 0 spiro atoms. The molecule has 0 saturated heterocycles. The van der Waals surface area contributed by atoms with Gasteiger partial charge in [-0.2, -0.15) is 5.10 Å². The summed E-state index contributed by atoms with van der Waals surface area (Å²) in [5.74, 6) is 0.801. The molecule has 18 heavy (non-hydrogen) atoms. The van der Waals surface area contributed by atoms with Gasteiger partial charge in [-0.25, -0.2) is 0 Å². The Bertz CT molecular complexity index is 358. The average molecular weight is 251 g/mol. The van der Waals surface area contributed by atoms with Crippen LogP contribution in [0.15, 0.2) is 6.20 Å². The minimum Gasteiger partial charge on any atom is -0.313 e. The molecular formula is C15H29N3. The predicted molar refractivity (Wildman–Crippen MR) is 77.7 cm³/mol. The highest BCUT2D eigenvalue weighted by Crippen LogP contribution is 2.23. The first-order valence-electron chi connectivity index (χ1n) is 7.04. The largest absolute Gasteiger partial charge is 0.313 e. The number of nitrogens with one attached hydrogen (secondary N) is 1. The highest BCUT2D eigenvalue weighted by molar-refractivity contribution is 5.23. The molecule has 0 bridgehead atoms. The first-order chi connectivity index (χ1) is 8.30. The van der Waals surface area contributed by atoms with E-state index in [9.17, 15) is 0 Å². The van der Waals surface area contributed by atoms with Gasteiger partial charge in [-0.05, 0) is 25.3 Å². The van der Waals surface area contributed by atoms with Gasteiger partial charge >= 0.3 is 0 Å². The number of hydrogen-bond acceptors (Lipinski definition) is 2. The minimum atomic E-state index is 0.121. The highest BCUT2D eigenvalue weighted by Gasteiger charge is 2.21. The van der Waals surface area contributed by atoms with Gasteiger partial charge in [-0.3, -0.25) is 4.68 Å². The average Bonchev–Trinajstić information content (AvgIpc) is 2.58. The summed E-state index contributed by atoms with van der Waals surface area (Å²) < 4.78 is 1.92. The quantitative estimate of drug-likeness (QED) is 0.787. The van der Waals surface area contributed by atoms with Gasteiger partial charge in [0.25, 0.3) is 0 Å². The summed E-state index contributed by atoms with van der Waals surface area (Å²) >= 11 is 0. The maximum atomic E-state index is 4.59. The molecule has 1 aromatic rings. The maximum absolute atomic E-state index is 4.59. The first kappa shape index (κ1) is 15.2. The van der Waals surface area contributed by atoms with E-state index in [4.69, 9.17) is 0 Å². The molecule has 104 valence electrons. The molecule has 0 aliphatic heterocycles. The molecule has 0 aromatic carbocycles. The van der Waals surface area contributed by atoms with E-state index in [0.717, 1.165) is 19.0 Å². The number of rotatable bonds is 6. The van der Waals surface area contributed by atoms with Crippen LogP contribution >= 0.6 is 0 Å². The van der Waals surface area contributed by atoms with Gasteiger partial charge in [0.15, 0.2) is 0 Å². The Kier molecular flexibility index (Phi) is 5.39. The lowest BCUT2D eigenvalue weighted by Crippen LogP contribution is -2.20. The van der Waals surface area contributed by atoms with E-state index >= 15 is 0 Å². The van der Waals surface area contributed by atoms with Gasteiger partial charge in [-0.15, -0.1) is 0 Å². The molecule has 0 atom stereocenters. The molecule has 1 heterocycles. The summed E-state index contributed by atoms with van der Waals surface area (Å²) in [5.41, 5.74) is 2.66. The van der Waals surface area contributed by atoms with Crippen molar-refractivity contribution >= 4 is 0 Å². The van der Waals surface area contributed by atoms with Gasteiger partial charge in [-0.1, -0.05) is 34.6 Å². The van der Waals surface area contributed by atoms with E-state index in [2.05, 4.69) is 51.2 Å². The van der Waals surface area contributed by atoms with Gasteiger partial charge in [0.1, 0.15) is 0 Å². The summed E-state index contributed by atoms with van der Waals surface area (Å²) in [7, 11) is 2.00. The molecule has 0 radical (unpaired) electrons. The molecule has 3 nitrogen and oxygen atoms in total. The van der Waals surface area contributed by atoms with Crippen molar-refractivity contribution in [1.82, 2.24) is 15.1 Å². The molecule has 0 aliphatic rings. The summed E-state index contributed by atoms with van der Waals surface area (Å²) in [6.07, 6.45) is 4.69. The van der Waals surface area contributed by atoms with Crippen LogP contribution in [0.4, 0.5) is 0 Å². The van der Waals surface area contributed by atoms with Crippen LogP contribution in [0, 0.1) is 5.92 Å². The highest BCUT2D eigenvalue weighted by atomic mass is 15.3. The van der Waals surface area contributed by atoms with E-state index in [1.165, 1.54) is 24.1 Å². The van der Waals surface area contributed by atoms with Crippen LogP contribution < -0.4 is 5.32 Å². The molecule has 0 amide bonds. The number of nitrogens with zero attached hydrogens (tertiary/aromatic N) is 2. The lowest BCUT2D eigenvalue weighted by atomic mass is 9.89. The van der Waals surface area contributed by atoms with Crippen molar-refractivity contribution in [2.45, 2.75) is 59.4 Å². The second-order valence-electron chi connectivity index (χ2n) is 6.64. The van der Waals surface area contributed by atoms with E-state index in [1.54, 1.807) is 0 Å². The second-order valence-corrected chi connectivity index (χ2v) is 6.64. The lowest BCUT2D eigenvalue weighted by molar-refractivity contribution is 0.519. The smallest absolute Gasteiger partial charge is 0.0722 e. The Morgan fingerprint density at radius 2 is 2.00 bits per heavy atom. The topological polar surface area (TPSA) is 29.9 Å². The minimum absolute atomic E-state index is 0.121. The fraction of sp³-hybridized carbons (Fsp3) is 0.800. The summed E-state index contributed by atoms with van der Waals surface area (Å²) in [6, 6.07) is 0. The van der Waals surface area contributed by atoms with Gasteiger partial charge in [0.2, 0.25) is 0 Å². The van der Waals surface area contributed by atoms with Crippen molar-refractivity contribution in [2.75, 3.05) is 6.54 Å². The van der Waals surface area contributed by atoms with E-state index in [1.807, 2.05) is 11.7 Å². The third-order valence-electron chi connectivity index (χ3n) is 3.07. The maximum Gasteiger partial charge on any atom is 0.0722 e. The SMILES string of the molecule is CC(C)CCCNCc1cn(C)nc1C(C)(C)C. The first-order valence-corrected chi connectivity index (χ1v) is 7.04. The molecule has 1 N–H and O–H groups in total. The second kappa shape index (κ2) is 6.37. The number of aromatic nitrogens is 2. The van der Waals surface area contributed by atoms with E-state index in [-0.39, 0.29) is 5.41 Å². The zero-order valence-electron chi connectivity index (χ0n) is 12.9. The Morgan fingerprint density at radius 3 is 2.56 bits per heavy atom. The van der Waals surface area contributed by atoms with Crippen molar-refractivity contribution < 1.29 is 0 Å². The van der Waals surface area contributed by atoms with Crippen molar-refractivity contribution in [1.29, 1.82) is 0 Å². The van der Waals surface area contributed by atoms with Crippen LogP contribution in [0.5, 0.6) is 0 Å². The third kappa shape index (κ3) is 4.81. The van der Waals surface area contributed by atoms with Crippen molar-refractivity contribution in [2.24, 2.45) is 13.0 Å². The predicted octanol–water partition coefficient (Wildman–Crippen LogP) is 3.24. The number of hydrogen-bond donors (Lipinski definition) is 1. The standard InChI is InChI=1S/C15H29N3/c1-12(2)8-7-9-16-10-13-11-18(6)17-14(13)15(3,4)5/h11-12,16H,7-10H2,1-6H3. The van der Waals surface area contributed by atoms with Crippen molar-refractivity contribution in [3.63, 3.8) is 0 Å². The van der Waals surface area contributed by atoms with Gasteiger partial charge in [0, 0.05) is 30.8 Å². The van der Waals surface area contributed by atoms with Crippen LogP contribution in [0.3, 0.4) is 0 Å². The van der Waals surface area contributed by atoms with Gasteiger partial charge < -0.3 is 5.32 Å². The number of aryl methyl sites for hydroxylation is 1. The third-order valence-corrected chi connectivity index (χ3v) is 3.07. The summed E-state index contributed by atoms with van der Waals surface area (Å²) in [5, 5.41) is 8.12. The molecule has 0 saturated carbocycles. The Morgan fingerprint density at radius 1 is 1.33 bits per heavy atom. The van der Waals surface area contributed by atoms with E-state index < -0.39 is 0 Å². The van der Waals surface area contributed by atoms with Crippen LogP contribution in [0.25, 0.3) is 0 Å². The van der Waals surface area contributed by atoms with Gasteiger partial charge in [0.05, 0.1) is 5.69 Å². The summed E-state index contributed by atoms with van der Waals surface area (Å²) in [4.78, 5) is 0. The molecule has 0 aliphatic carbocycles.